The molecule has 0 radical (unpaired) electrons. The molecule has 0 saturated carbocycles. The van der Waals surface area contributed by atoms with Crippen molar-refractivity contribution >= 4 is 5.82 Å². The number of rotatable bonds is 3. The largest absolute Gasteiger partial charge is 0.391 e. The molecule has 20 heavy (non-hydrogen) atoms. The zero-order valence-electron chi connectivity index (χ0n) is 11.6. The average molecular weight is 273 g/mol. The summed E-state index contributed by atoms with van der Waals surface area (Å²) in [5.41, 5.74) is 2.78. The molecule has 1 N–H and O–H groups in total. The maximum absolute atomic E-state index is 9.68. The van der Waals surface area contributed by atoms with Crippen LogP contribution < -0.4 is 4.90 Å². The van der Waals surface area contributed by atoms with Gasteiger partial charge in [0.25, 0.3) is 0 Å². The lowest BCUT2D eigenvalue weighted by molar-refractivity contribution is 0.122. The maximum Gasteiger partial charge on any atom is 0.138 e. The minimum atomic E-state index is 0.00531. The van der Waals surface area contributed by atoms with E-state index >= 15 is 0 Å². The van der Waals surface area contributed by atoms with Crippen molar-refractivity contribution in [1.29, 1.82) is 0 Å². The van der Waals surface area contributed by atoms with Gasteiger partial charge in [0.15, 0.2) is 0 Å². The number of anilines is 1. The van der Waals surface area contributed by atoms with E-state index in [1.54, 1.807) is 0 Å². The van der Waals surface area contributed by atoms with Gasteiger partial charge in [0.05, 0.1) is 31.2 Å². The van der Waals surface area contributed by atoms with Gasteiger partial charge in [-0.25, -0.2) is 4.68 Å². The van der Waals surface area contributed by atoms with E-state index in [4.69, 9.17) is 4.74 Å². The Morgan fingerprint density at radius 3 is 2.55 bits per heavy atom. The number of aromatic nitrogens is 2. The summed E-state index contributed by atoms with van der Waals surface area (Å²) in [5.74, 6) is 0.986. The highest BCUT2D eigenvalue weighted by molar-refractivity contribution is 5.55. The number of hydrogen-bond acceptors (Lipinski definition) is 4. The second-order valence-corrected chi connectivity index (χ2v) is 4.89. The first-order chi connectivity index (χ1) is 9.81. The first-order valence-electron chi connectivity index (χ1n) is 6.88. The highest BCUT2D eigenvalue weighted by Crippen LogP contribution is 2.28. The summed E-state index contributed by atoms with van der Waals surface area (Å²) >= 11 is 0. The van der Waals surface area contributed by atoms with Crippen molar-refractivity contribution in [3.05, 3.63) is 41.6 Å². The summed E-state index contributed by atoms with van der Waals surface area (Å²) < 4.78 is 7.34. The van der Waals surface area contributed by atoms with E-state index in [-0.39, 0.29) is 6.61 Å². The van der Waals surface area contributed by atoms with Gasteiger partial charge in [-0.05, 0) is 19.1 Å². The number of aliphatic hydroxyl groups is 1. The molecule has 1 aliphatic heterocycles. The third kappa shape index (κ3) is 2.30. The molecule has 0 spiro atoms. The number of hydrogen-bond donors (Lipinski definition) is 1. The van der Waals surface area contributed by atoms with Crippen molar-refractivity contribution < 1.29 is 9.84 Å². The fourth-order valence-corrected chi connectivity index (χ4v) is 2.58. The van der Waals surface area contributed by atoms with Crippen LogP contribution in [-0.2, 0) is 11.3 Å². The topological polar surface area (TPSA) is 50.5 Å². The first-order valence-corrected chi connectivity index (χ1v) is 6.88. The van der Waals surface area contributed by atoms with Gasteiger partial charge in [-0.2, -0.15) is 5.10 Å². The van der Waals surface area contributed by atoms with E-state index in [9.17, 15) is 5.11 Å². The summed E-state index contributed by atoms with van der Waals surface area (Å²) in [6.07, 6.45) is 0. The molecule has 1 aliphatic rings. The van der Waals surface area contributed by atoms with Gasteiger partial charge in [0.1, 0.15) is 5.82 Å². The summed E-state index contributed by atoms with van der Waals surface area (Å²) in [6.45, 7) is 5.02. The molecular weight excluding hydrogens is 254 g/mol. The Morgan fingerprint density at radius 1 is 1.20 bits per heavy atom. The van der Waals surface area contributed by atoms with E-state index in [1.165, 1.54) is 0 Å². The molecule has 1 saturated heterocycles. The molecule has 0 atom stereocenters. The molecule has 2 heterocycles. The van der Waals surface area contributed by atoms with Gasteiger partial charge in [-0.1, -0.05) is 18.2 Å². The van der Waals surface area contributed by atoms with Crippen molar-refractivity contribution in [2.45, 2.75) is 13.5 Å². The van der Waals surface area contributed by atoms with Crippen LogP contribution in [0.1, 0.15) is 11.3 Å². The lowest BCUT2D eigenvalue weighted by Gasteiger charge is -2.30. The Bertz CT molecular complexity index is 574. The van der Waals surface area contributed by atoms with Gasteiger partial charge in [0, 0.05) is 18.7 Å². The SMILES string of the molecule is Cc1nn(-c2ccccc2)c(N2CCOCC2)c1CO. The molecule has 0 aliphatic carbocycles. The molecule has 0 amide bonds. The highest BCUT2D eigenvalue weighted by atomic mass is 16.5. The van der Waals surface area contributed by atoms with Gasteiger partial charge in [0.2, 0.25) is 0 Å². The predicted molar refractivity (Wildman–Crippen MR) is 77.3 cm³/mol. The number of ether oxygens (including phenoxy) is 1. The number of nitrogens with zero attached hydrogens (tertiary/aromatic N) is 3. The third-order valence-corrected chi connectivity index (χ3v) is 3.63. The number of aryl methyl sites for hydroxylation is 1. The van der Waals surface area contributed by atoms with E-state index in [2.05, 4.69) is 10.00 Å². The van der Waals surface area contributed by atoms with Crippen molar-refractivity contribution in [1.82, 2.24) is 9.78 Å². The number of para-hydroxylation sites is 1. The Kier molecular flexibility index (Phi) is 3.71. The van der Waals surface area contributed by atoms with Crippen LogP contribution in [0.25, 0.3) is 5.69 Å². The zero-order valence-corrected chi connectivity index (χ0v) is 11.6. The van der Waals surface area contributed by atoms with Crippen molar-refractivity contribution in [2.24, 2.45) is 0 Å². The van der Waals surface area contributed by atoms with E-state index in [1.807, 2.05) is 41.9 Å². The van der Waals surface area contributed by atoms with Crippen LogP contribution in [0.2, 0.25) is 0 Å². The van der Waals surface area contributed by atoms with Crippen LogP contribution in [-0.4, -0.2) is 41.2 Å². The summed E-state index contributed by atoms with van der Waals surface area (Å²) in [7, 11) is 0. The van der Waals surface area contributed by atoms with Crippen LogP contribution in [0.4, 0.5) is 5.82 Å². The van der Waals surface area contributed by atoms with Crippen molar-refractivity contribution in [3.8, 4) is 5.69 Å². The lowest BCUT2D eigenvalue weighted by Crippen LogP contribution is -2.38. The molecule has 0 unspecified atom stereocenters. The maximum atomic E-state index is 9.68. The number of benzene rings is 1. The second-order valence-electron chi connectivity index (χ2n) is 4.89. The van der Waals surface area contributed by atoms with Crippen LogP contribution in [0, 0.1) is 6.92 Å². The summed E-state index contributed by atoms with van der Waals surface area (Å²) in [5, 5.41) is 14.3. The third-order valence-electron chi connectivity index (χ3n) is 3.63. The minimum Gasteiger partial charge on any atom is -0.391 e. The molecular formula is C15H19N3O2. The van der Waals surface area contributed by atoms with E-state index in [0.717, 1.165) is 35.9 Å². The normalized spacial score (nSPS) is 15.6. The number of aliphatic hydroxyl groups excluding tert-OH is 1. The van der Waals surface area contributed by atoms with Crippen LogP contribution >= 0.6 is 0 Å². The summed E-state index contributed by atoms with van der Waals surface area (Å²) in [4.78, 5) is 2.24. The van der Waals surface area contributed by atoms with Crippen molar-refractivity contribution in [3.63, 3.8) is 0 Å². The zero-order chi connectivity index (χ0) is 13.9. The molecule has 5 nitrogen and oxygen atoms in total. The minimum absolute atomic E-state index is 0.00531. The van der Waals surface area contributed by atoms with Gasteiger partial charge < -0.3 is 14.7 Å². The van der Waals surface area contributed by atoms with E-state index in [0.29, 0.717) is 13.2 Å². The Hall–Kier alpha value is -1.85. The van der Waals surface area contributed by atoms with Crippen LogP contribution in [0.5, 0.6) is 0 Å². The predicted octanol–water partition coefficient (Wildman–Crippen LogP) is 1.51. The van der Waals surface area contributed by atoms with Gasteiger partial charge in [-0.15, -0.1) is 0 Å². The molecule has 0 bridgehead atoms. The average Bonchev–Trinajstić information content (AvgIpc) is 2.85. The first kappa shape index (κ1) is 13.1. The Balaban J connectivity index is 2.09. The van der Waals surface area contributed by atoms with Gasteiger partial charge in [-0.3, -0.25) is 0 Å². The highest BCUT2D eigenvalue weighted by Gasteiger charge is 2.22. The fourth-order valence-electron chi connectivity index (χ4n) is 2.58. The van der Waals surface area contributed by atoms with Gasteiger partial charge >= 0.3 is 0 Å². The molecule has 2 aromatic rings. The molecule has 1 fully saturated rings. The Morgan fingerprint density at radius 2 is 1.90 bits per heavy atom. The molecule has 5 heteroatoms. The van der Waals surface area contributed by atoms with Crippen LogP contribution in [0.3, 0.4) is 0 Å². The molecule has 106 valence electrons. The van der Waals surface area contributed by atoms with E-state index < -0.39 is 0 Å². The standard InChI is InChI=1S/C15H19N3O2/c1-12-14(11-19)15(17-7-9-20-10-8-17)18(16-12)13-5-3-2-4-6-13/h2-6,19H,7-11H2,1H3. The molecule has 3 rings (SSSR count). The van der Waals surface area contributed by atoms with Crippen LogP contribution in [0.15, 0.2) is 30.3 Å². The summed E-state index contributed by atoms with van der Waals surface area (Å²) in [6, 6.07) is 10.0. The Labute approximate surface area is 118 Å². The monoisotopic (exact) mass is 273 g/mol. The lowest BCUT2D eigenvalue weighted by atomic mass is 10.2. The van der Waals surface area contributed by atoms with Crippen molar-refractivity contribution in [2.75, 3.05) is 31.2 Å². The quantitative estimate of drug-likeness (QED) is 0.921. The smallest absolute Gasteiger partial charge is 0.138 e. The number of morpholine rings is 1. The molecule has 1 aromatic carbocycles. The fraction of sp³-hybridized carbons (Fsp3) is 0.400. The second kappa shape index (κ2) is 5.64. The molecule has 1 aromatic heterocycles.